The second-order valence-corrected chi connectivity index (χ2v) is 8.49. The van der Waals surface area contributed by atoms with Gasteiger partial charge < -0.3 is 20.2 Å². The minimum absolute atomic E-state index is 0.0667. The maximum absolute atomic E-state index is 12.7. The van der Waals surface area contributed by atoms with E-state index < -0.39 is 5.97 Å². The van der Waals surface area contributed by atoms with Crippen LogP contribution >= 0.6 is 0 Å². The summed E-state index contributed by atoms with van der Waals surface area (Å²) in [7, 11) is 5.98. The summed E-state index contributed by atoms with van der Waals surface area (Å²) < 4.78 is 0. The molecule has 0 aliphatic carbocycles. The Balaban J connectivity index is 1.75. The maximum atomic E-state index is 12.7. The van der Waals surface area contributed by atoms with Crippen LogP contribution in [0.1, 0.15) is 29.3 Å². The van der Waals surface area contributed by atoms with E-state index in [0.717, 1.165) is 47.1 Å². The fraction of sp³-hybridized carbons (Fsp3) is 0.259. The van der Waals surface area contributed by atoms with E-state index in [0.29, 0.717) is 0 Å². The number of carbonyl (C=O) groups excluding carboxylic acids is 1. The number of fused-ring (bicyclic) bond motifs is 1. The zero-order valence-corrected chi connectivity index (χ0v) is 19.6. The van der Waals surface area contributed by atoms with Crippen molar-refractivity contribution in [1.82, 2.24) is 4.90 Å². The van der Waals surface area contributed by atoms with Crippen LogP contribution < -0.4 is 10.2 Å². The molecule has 0 saturated carbocycles. The molecule has 0 aliphatic heterocycles. The number of allylic oxidation sites excluding steroid dienone is 1. The van der Waals surface area contributed by atoms with Gasteiger partial charge in [-0.05, 0) is 80.2 Å². The molecule has 0 aliphatic rings. The number of benzene rings is 3. The third-order valence-corrected chi connectivity index (χ3v) is 5.58. The highest BCUT2D eigenvalue weighted by molar-refractivity contribution is 6.07. The molecule has 0 fully saturated rings. The van der Waals surface area contributed by atoms with Gasteiger partial charge in [0.1, 0.15) is 0 Å². The highest BCUT2D eigenvalue weighted by Gasteiger charge is 2.15. The molecule has 0 unspecified atom stereocenters. The number of nitrogens with one attached hydrogen (secondary N) is 1. The Kier molecular flexibility index (Phi) is 7.85. The molecule has 0 saturated heterocycles. The topological polar surface area (TPSA) is 72.9 Å². The van der Waals surface area contributed by atoms with Gasteiger partial charge in [0.2, 0.25) is 5.91 Å². The van der Waals surface area contributed by atoms with Crippen LogP contribution in [0, 0.1) is 0 Å². The summed E-state index contributed by atoms with van der Waals surface area (Å²) in [5, 5.41) is 14.7. The molecule has 6 nitrogen and oxygen atoms in total. The SMILES string of the molecule is CC(=CC(=O)Nc1ccc(N(C)CCCN(C)C)cc1C(=O)O)c1ccc2ccccc2c1. The number of hydrogen-bond donors (Lipinski definition) is 2. The first-order valence-corrected chi connectivity index (χ1v) is 11.0. The van der Waals surface area contributed by atoms with Gasteiger partial charge in [0, 0.05) is 25.4 Å². The lowest BCUT2D eigenvalue weighted by Gasteiger charge is -2.21. The van der Waals surface area contributed by atoms with E-state index in [4.69, 9.17) is 0 Å². The molecule has 3 aromatic carbocycles. The molecule has 3 aromatic rings. The van der Waals surface area contributed by atoms with Crippen LogP contribution in [0.25, 0.3) is 16.3 Å². The van der Waals surface area contributed by atoms with Crippen molar-refractivity contribution in [2.75, 3.05) is 44.4 Å². The van der Waals surface area contributed by atoms with E-state index in [1.807, 2.05) is 81.5 Å². The Morgan fingerprint density at radius 2 is 1.67 bits per heavy atom. The van der Waals surface area contributed by atoms with E-state index in [9.17, 15) is 14.7 Å². The average molecular weight is 446 g/mol. The molecule has 0 atom stereocenters. The van der Waals surface area contributed by atoms with Crippen molar-refractivity contribution in [3.8, 4) is 0 Å². The van der Waals surface area contributed by atoms with E-state index >= 15 is 0 Å². The van der Waals surface area contributed by atoms with Gasteiger partial charge in [-0.15, -0.1) is 0 Å². The van der Waals surface area contributed by atoms with Gasteiger partial charge >= 0.3 is 5.97 Å². The lowest BCUT2D eigenvalue weighted by atomic mass is 10.0. The molecule has 0 aromatic heterocycles. The van der Waals surface area contributed by atoms with Crippen LogP contribution in [-0.4, -0.2) is 56.1 Å². The Morgan fingerprint density at radius 3 is 2.36 bits per heavy atom. The monoisotopic (exact) mass is 445 g/mol. The van der Waals surface area contributed by atoms with Crippen LogP contribution in [0.15, 0.2) is 66.7 Å². The standard InChI is InChI=1S/C27H31N3O3/c1-19(21-11-10-20-8-5-6-9-22(20)17-21)16-26(31)28-25-13-12-23(18-24(25)27(32)33)30(4)15-7-14-29(2)3/h5-6,8-13,16-18H,7,14-15H2,1-4H3,(H,28,31)(H,32,33). The Hall–Kier alpha value is -3.64. The van der Waals surface area contributed by atoms with Crippen molar-refractivity contribution in [3.05, 3.63) is 77.9 Å². The number of anilines is 2. The van der Waals surface area contributed by atoms with E-state index in [2.05, 4.69) is 10.2 Å². The van der Waals surface area contributed by atoms with Crippen molar-refractivity contribution in [3.63, 3.8) is 0 Å². The Morgan fingerprint density at radius 1 is 0.939 bits per heavy atom. The third-order valence-electron chi connectivity index (χ3n) is 5.58. The van der Waals surface area contributed by atoms with Crippen LogP contribution in [0.5, 0.6) is 0 Å². The van der Waals surface area contributed by atoms with E-state index in [1.165, 1.54) is 6.08 Å². The number of carbonyl (C=O) groups is 2. The summed E-state index contributed by atoms with van der Waals surface area (Å²) in [6, 6.07) is 19.2. The van der Waals surface area contributed by atoms with Gasteiger partial charge in [0.15, 0.2) is 0 Å². The molecule has 0 bridgehead atoms. The van der Waals surface area contributed by atoms with E-state index in [1.54, 1.807) is 12.1 Å². The number of aromatic carboxylic acids is 1. The van der Waals surface area contributed by atoms with Gasteiger partial charge in [-0.3, -0.25) is 4.79 Å². The number of carboxylic acid groups (broad SMARTS) is 1. The summed E-state index contributed by atoms with van der Waals surface area (Å²) in [6.45, 7) is 3.62. The fourth-order valence-electron chi connectivity index (χ4n) is 3.69. The summed E-state index contributed by atoms with van der Waals surface area (Å²) in [6.07, 6.45) is 2.46. The second kappa shape index (κ2) is 10.8. The molecule has 0 heterocycles. The molecule has 3 rings (SSSR count). The first kappa shape index (κ1) is 24.0. The number of carboxylic acids is 1. The smallest absolute Gasteiger partial charge is 0.337 e. The Bertz CT molecular complexity index is 1180. The summed E-state index contributed by atoms with van der Waals surface area (Å²) in [5.41, 5.74) is 2.88. The predicted octanol–water partition coefficient (Wildman–Crippen LogP) is 4.97. The number of nitrogens with zero attached hydrogens (tertiary/aromatic N) is 2. The first-order chi connectivity index (χ1) is 15.7. The number of hydrogen-bond acceptors (Lipinski definition) is 4. The average Bonchev–Trinajstić information content (AvgIpc) is 2.78. The van der Waals surface area contributed by atoms with Gasteiger partial charge in [0.25, 0.3) is 0 Å². The molecule has 172 valence electrons. The van der Waals surface area contributed by atoms with Gasteiger partial charge in [-0.2, -0.15) is 0 Å². The molecule has 0 radical (unpaired) electrons. The molecule has 2 N–H and O–H groups in total. The minimum atomic E-state index is -1.08. The lowest BCUT2D eigenvalue weighted by Crippen LogP contribution is -2.23. The summed E-state index contributed by atoms with van der Waals surface area (Å²) >= 11 is 0. The Labute approximate surface area is 195 Å². The normalized spacial score (nSPS) is 11.6. The van der Waals surface area contributed by atoms with Gasteiger partial charge in [0.05, 0.1) is 11.3 Å². The highest BCUT2D eigenvalue weighted by atomic mass is 16.4. The van der Waals surface area contributed by atoms with Crippen molar-refractivity contribution >= 4 is 39.6 Å². The minimum Gasteiger partial charge on any atom is -0.478 e. The molecule has 0 spiro atoms. The van der Waals surface area contributed by atoms with Crippen LogP contribution in [0.4, 0.5) is 11.4 Å². The largest absolute Gasteiger partial charge is 0.478 e. The first-order valence-electron chi connectivity index (χ1n) is 11.0. The van der Waals surface area contributed by atoms with E-state index in [-0.39, 0.29) is 17.2 Å². The maximum Gasteiger partial charge on any atom is 0.337 e. The van der Waals surface area contributed by atoms with Crippen LogP contribution in [0.2, 0.25) is 0 Å². The summed E-state index contributed by atoms with van der Waals surface area (Å²) in [4.78, 5) is 28.7. The van der Waals surface area contributed by atoms with Crippen molar-refractivity contribution in [1.29, 1.82) is 0 Å². The lowest BCUT2D eigenvalue weighted by molar-refractivity contribution is -0.111. The van der Waals surface area contributed by atoms with Gasteiger partial charge in [-0.25, -0.2) is 4.79 Å². The van der Waals surface area contributed by atoms with Crippen molar-refractivity contribution in [2.45, 2.75) is 13.3 Å². The number of rotatable bonds is 9. The van der Waals surface area contributed by atoms with Crippen molar-refractivity contribution < 1.29 is 14.7 Å². The highest BCUT2D eigenvalue weighted by Crippen LogP contribution is 2.24. The second-order valence-electron chi connectivity index (χ2n) is 8.49. The fourth-order valence-corrected chi connectivity index (χ4v) is 3.69. The number of amides is 1. The molecule has 33 heavy (non-hydrogen) atoms. The molecular formula is C27H31N3O3. The van der Waals surface area contributed by atoms with Crippen LogP contribution in [-0.2, 0) is 4.79 Å². The zero-order valence-electron chi connectivity index (χ0n) is 19.6. The molecular weight excluding hydrogens is 414 g/mol. The molecule has 1 amide bonds. The predicted molar refractivity (Wildman–Crippen MR) is 136 cm³/mol. The van der Waals surface area contributed by atoms with Crippen molar-refractivity contribution in [2.24, 2.45) is 0 Å². The zero-order chi connectivity index (χ0) is 24.0. The third kappa shape index (κ3) is 6.43. The molecule has 6 heteroatoms. The quantitative estimate of drug-likeness (QED) is 0.455. The van der Waals surface area contributed by atoms with Gasteiger partial charge in [-0.1, -0.05) is 36.4 Å². The van der Waals surface area contributed by atoms with Crippen LogP contribution in [0.3, 0.4) is 0 Å². The summed E-state index contributed by atoms with van der Waals surface area (Å²) in [5.74, 6) is -1.45.